The van der Waals surface area contributed by atoms with Crippen molar-refractivity contribution in [3.05, 3.63) is 71.2 Å². The Hall–Kier alpha value is -3.31. The molecule has 0 unspecified atom stereocenters. The zero-order valence-electron chi connectivity index (χ0n) is 14.4. The largest absolute Gasteiger partial charge is 0.504 e. The van der Waals surface area contributed by atoms with Crippen LogP contribution in [0.4, 0.5) is 5.69 Å². The number of benzene rings is 3. The Kier molecular flexibility index (Phi) is 4.52. The monoisotopic (exact) mass is 378 g/mol. The molecule has 1 aromatic heterocycles. The van der Waals surface area contributed by atoms with E-state index in [2.05, 4.69) is 9.98 Å². The van der Waals surface area contributed by atoms with Crippen LogP contribution in [-0.2, 0) is 0 Å². The number of ether oxygens (including phenoxy) is 1. The van der Waals surface area contributed by atoms with E-state index in [0.717, 1.165) is 5.56 Å². The molecule has 4 aromatic rings. The van der Waals surface area contributed by atoms with Crippen LogP contribution in [0, 0.1) is 0 Å². The zero-order valence-corrected chi connectivity index (χ0v) is 15.1. The molecular weight excluding hydrogens is 364 g/mol. The Morgan fingerprint density at radius 2 is 1.93 bits per heavy atom. The topological polar surface area (TPSA) is 67.9 Å². The number of fused-ring (bicyclic) bond motifs is 1. The summed E-state index contributed by atoms with van der Waals surface area (Å²) in [4.78, 5) is 8.94. The van der Waals surface area contributed by atoms with Crippen LogP contribution < -0.4 is 4.74 Å². The van der Waals surface area contributed by atoms with Crippen molar-refractivity contribution in [2.75, 3.05) is 7.11 Å². The molecule has 4 rings (SSSR count). The second-order valence-electron chi connectivity index (χ2n) is 5.83. The SMILES string of the molecule is COc1cccc(C=Nc2ccc3oc(-c4ccc(Cl)cc4)nc3c2)c1O. The van der Waals surface area contributed by atoms with Crippen molar-refractivity contribution in [1.29, 1.82) is 0 Å². The number of para-hydroxylation sites is 1. The van der Waals surface area contributed by atoms with Crippen molar-refractivity contribution in [1.82, 2.24) is 4.98 Å². The molecule has 0 aliphatic carbocycles. The second-order valence-corrected chi connectivity index (χ2v) is 6.27. The van der Waals surface area contributed by atoms with Gasteiger partial charge in [-0.25, -0.2) is 4.98 Å². The van der Waals surface area contributed by atoms with Crippen LogP contribution in [0.1, 0.15) is 5.56 Å². The summed E-state index contributed by atoms with van der Waals surface area (Å²) in [7, 11) is 1.51. The molecule has 134 valence electrons. The van der Waals surface area contributed by atoms with E-state index in [1.807, 2.05) is 30.3 Å². The number of aliphatic imine (C=N–C) groups is 1. The highest BCUT2D eigenvalue weighted by Gasteiger charge is 2.09. The average molecular weight is 379 g/mol. The summed E-state index contributed by atoms with van der Waals surface area (Å²) in [6, 6.07) is 18.0. The molecule has 0 aliphatic heterocycles. The molecule has 0 fully saturated rings. The van der Waals surface area contributed by atoms with Gasteiger partial charge in [-0.1, -0.05) is 17.7 Å². The van der Waals surface area contributed by atoms with Crippen LogP contribution in [0.2, 0.25) is 5.02 Å². The summed E-state index contributed by atoms with van der Waals surface area (Å²) in [6.07, 6.45) is 1.58. The molecule has 6 heteroatoms. The highest BCUT2D eigenvalue weighted by Crippen LogP contribution is 2.30. The summed E-state index contributed by atoms with van der Waals surface area (Å²) >= 11 is 5.92. The second kappa shape index (κ2) is 7.13. The van der Waals surface area contributed by atoms with Crippen molar-refractivity contribution in [3.8, 4) is 23.0 Å². The Morgan fingerprint density at radius 3 is 2.70 bits per heavy atom. The highest BCUT2D eigenvalue weighted by molar-refractivity contribution is 6.30. The molecule has 0 spiro atoms. The number of oxazole rings is 1. The first-order valence-electron chi connectivity index (χ1n) is 8.20. The van der Waals surface area contributed by atoms with Crippen LogP contribution in [-0.4, -0.2) is 23.4 Å². The Bertz CT molecular complexity index is 1130. The lowest BCUT2D eigenvalue weighted by molar-refractivity contribution is 0.373. The van der Waals surface area contributed by atoms with E-state index >= 15 is 0 Å². The fraction of sp³-hybridized carbons (Fsp3) is 0.0476. The lowest BCUT2D eigenvalue weighted by Gasteiger charge is -2.04. The fourth-order valence-corrected chi connectivity index (χ4v) is 2.79. The van der Waals surface area contributed by atoms with Crippen molar-refractivity contribution < 1.29 is 14.3 Å². The first kappa shape index (κ1) is 17.1. The number of rotatable bonds is 4. The van der Waals surface area contributed by atoms with Gasteiger partial charge in [0.25, 0.3) is 0 Å². The minimum absolute atomic E-state index is 0.0521. The summed E-state index contributed by atoms with van der Waals surface area (Å²) in [6.45, 7) is 0. The summed E-state index contributed by atoms with van der Waals surface area (Å²) in [5, 5.41) is 10.8. The van der Waals surface area contributed by atoms with Crippen LogP contribution in [0.5, 0.6) is 11.5 Å². The fourth-order valence-electron chi connectivity index (χ4n) is 2.66. The van der Waals surface area contributed by atoms with Gasteiger partial charge in [0.05, 0.1) is 12.8 Å². The number of aromatic hydroxyl groups is 1. The number of aromatic nitrogens is 1. The van der Waals surface area contributed by atoms with E-state index in [4.69, 9.17) is 20.8 Å². The third kappa shape index (κ3) is 3.50. The number of methoxy groups -OCH3 is 1. The molecule has 1 heterocycles. The van der Waals surface area contributed by atoms with E-state index in [0.29, 0.717) is 39.0 Å². The molecule has 0 saturated heterocycles. The molecule has 0 aliphatic rings. The van der Waals surface area contributed by atoms with Gasteiger partial charge < -0.3 is 14.3 Å². The van der Waals surface area contributed by atoms with E-state index in [-0.39, 0.29) is 5.75 Å². The maximum Gasteiger partial charge on any atom is 0.227 e. The zero-order chi connectivity index (χ0) is 18.8. The van der Waals surface area contributed by atoms with E-state index in [1.165, 1.54) is 7.11 Å². The van der Waals surface area contributed by atoms with Gasteiger partial charge >= 0.3 is 0 Å². The van der Waals surface area contributed by atoms with Crippen LogP contribution in [0.3, 0.4) is 0 Å². The third-order valence-electron chi connectivity index (χ3n) is 4.07. The van der Waals surface area contributed by atoms with Gasteiger partial charge in [0.2, 0.25) is 5.89 Å². The quantitative estimate of drug-likeness (QED) is 0.468. The minimum Gasteiger partial charge on any atom is -0.504 e. The van der Waals surface area contributed by atoms with Gasteiger partial charge in [0.15, 0.2) is 17.1 Å². The van der Waals surface area contributed by atoms with Crippen LogP contribution in [0.25, 0.3) is 22.6 Å². The molecule has 0 atom stereocenters. The molecule has 0 bridgehead atoms. The molecule has 1 N–H and O–H groups in total. The molecule has 0 radical (unpaired) electrons. The first-order valence-corrected chi connectivity index (χ1v) is 8.58. The van der Waals surface area contributed by atoms with Gasteiger partial charge in [0, 0.05) is 22.4 Å². The third-order valence-corrected chi connectivity index (χ3v) is 4.32. The standard InChI is InChI=1S/C21H15ClN2O3/c1-26-19-4-2-3-14(20(19)25)12-23-16-9-10-18-17(11-16)24-21(27-18)13-5-7-15(22)8-6-13/h2-12,25H,1H3. The molecule has 3 aromatic carbocycles. The first-order chi connectivity index (χ1) is 13.1. The molecule has 5 nitrogen and oxygen atoms in total. The van der Waals surface area contributed by atoms with E-state index in [9.17, 15) is 5.11 Å². The predicted molar refractivity (Wildman–Crippen MR) is 106 cm³/mol. The lowest BCUT2D eigenvalue weighted by atomic mass is 10.2. The van der Waals surface area contributed by atoms with Gasteiger partial charge in [-0.3, -0.25) is 4.99 Å². The Morgan fingerprint density at radius 1 is 1.11 bits per heavy atom. The van der Waals surface area contributed by atoms with E-state index in [1.54, 1.807) is 36.5 Å². The summed E-state index contributed by atoms with van der Waals surface area (Å²) < 4.78 is 10.9. The lowest BCUT2D eigenvalue weighted by Crippen LogP contribution is -1.88. The van der Waals surface area contributed by atoms with Crippen molar-refractivity contribution >= 4 is 34.6 Å². The Balaban J connectivity index is 1.65. The number of phenols is 1. The van der Waals surface area contributed by atoms with Crippen LogP contribution in [0.15, 0.2) is 70.1 Å². The van der Waals surface area contributed by atoms with E-state index < -0.39 is 0 Å². The summed E-state index contributed by atoms with van der Waals surface area (Å²) in [5.41, 5.74) is 3.48. The van der Waals surface area contributed by atoms with Gasteiger partial charge in [0.1, 0.15) is 5.52 Å². The maximum absolute atomic E-state index is 10.1. The number of phenolic OH excluding ortho intramolecular Hbond substituents is 1. The van der Waals surface area contributed by atoms with Gasteiger partial charge in [-0.15, -0.1) is 0 Å². The molecule has 0 saturated carbocycles. The van der Waals surface area contributed by atoms with Crippen molar-refractivity contribution in [2.45, 2.75) is 0 Å². The molecule has 27 heavy (non-hydrogen) atoms. The number of hydrogen-bond acceptors (Lipinski definition) is 5. The van der Waals surface area contributed by atoms with Gasteiger partial charge in [-0.05, 0) is 54.6 Å². The summed E-state index contributed by atoms with van der Waals surface area (Å²) in [5.74, 6) is 0.975. The van der Waals surface area contributed by atoms with Gasteiger partial charge in [-0.2, -0.15) is 0 Å². The molecule has 0 amide bonds. The minimum atomic E-state index is 0.0521. The number of halogens is 1. The number of nitrogens with zero attached hydrogens (tertiary/aromatic N) is 2. The average Bonchev–Trinajstić information content (AvgIpc) is 3.11. The van der Waals surface area contributed by atoms with Crippen molar-refractivity contribution in [2.24, 2.45) is 4.99 Å². The van der Waals surface area contributed by atoms with Crippen molar-refractivity contribution in [3.63, 3.8) is 0 Å². The predicted octanol–water partition coefficient (Wildman–Crippen LogP) is 5.61. The molecular formula is C21H15ClN2O3. The Labute approximate surface area is 160 Å². The van der Waals surface area contributed by atoms with Crippen LogP contribution >= 0.6 is 11.6 Å². The highest BCUT2D eigenvalue weighted by atomic mass is 35.5. The normalized spacial score (nSPS) is 11.3. The number of hydrogen-bond donors (Lipinski definition) is 1. The smallest absolute Gasteiger partial charge is 0.227 e. The maximum atomic E-state index is 10.1.